The van der Waals surface area contributed by atoms with Crippen molar-refractivity contribution in [2.75, 3.05) is 26.2 Å². The molecule has 3 heterocycles. The first-order chi connectivity index (χ1) is 12.2. The lowest BCUT2D eigenvalue weighted by atomic mass is 10.1. The molecule has 0 N–H and O–H groups in total. The molecular weight excluding hydrogens is 320 g/mol. The van der Waals surface area contributed by atoms with E-state index in [4.69, 9.17) is 4.42 Å². The van der Waals surface area contributed by atoms with Gasteiger partial charge >= 0.3 is 0 Å². The predicted octanol–water partition coefficient (Wildman–Crippen LogP) is 1.82. The third-order valence-corrected chi connectivity index (χ3v) is 4.32. The number of pyridine rings is 1. The third-order valence-electron chi connectivity index (χ3n) is 4.32. The molecule has 0 unspecified atom stereocenters. The lowest BCUT2D eigenvalue weighted by molar-refractivity contribution is 0.0532. The second kappa shape index (κ2) is 6.35. The largest absolute Gasteiger partial charge is 0.443 e. The highest BCUT2D eigenvalue weighted by Crippen LogP contribution is 2.17. The summed E-state index contributed by atoms with van der Waals surface area (Å²) >= 11 is 0. The molecule has 1 aliphatic heterocycles. The van der Waals surface area contributed by atoms with Crippen molar-refractivity contribution in [3.63, 3.8) is 0 Å². The van der Waals surface area contributed by atoms with Gasteiger partial charge in [0.1, 0.15) is 11.2 Å². The number of hydrogen-bond acceptors (Lipinski definition) is 5. The fraction of sp³-hybridized carbons (Fsp3) is 0.222. The van der Waals surface area contributed by atoms with E-state index in [-0.39, 0.29) is 11.8 Å². The van der Waals surface area contributed by atoms with Crippen molar-refractivity contribution >= 4 is 22.9 Å². The second-order valence-electron chi connectivity index (χ2n) is 5.83. The van der Waals surface area contributed by atoms with Gasteiger partial charge < -0.3 is 14.2 Å². The number of carbonyl (C=O) groups excluding carboxylic acids is 2. The molecular formula is C18H16N4O3. The minimum absolute atomic E-state index is 0.0664. The maximum Gasteiger partial charge on any atom is 0.272 e. The number of piperazine rings is 1. The molecule has 4 rings (SSSR count). The number of benzene rings is 1. The van der Waals surface area contributed by atoms with E-state index in [9.17, 15) is 9.59 Å². The molecule has 1 saturated heterocycles. The van der Waals surface area contributed by atoms with E-state index in [1.807, 2.05) is 0 Å². The summed E-state index contributed by atoms with van der Waals surface area (Å²) in [5, 5.41) is 0. The summed E-state index contributed by atoms with van der Waals surface area (Å²) in [5.74, 6) is -0.168. The van der Waals surface area contributed by atoms with E-state index < -0.39 is 0 Å². The minimum Gasteiger partial charge on any atom is -0.443 e. The van der Waals surface area contributed by atoms with Gasteiger partial charge in [-0.3, -0.25) is 14.6 Å². The van der Waals surface area contributed by atoms with E-state index in [0.717, 1.165) is 5.52 Å². The molecule has 0 bridgehead atoms. The molecule has 0 atom stereocenters. The van der Waals surface area contributed by atoms with Crippen LogP contribution in [0, 0.1) is 0 Å². The Morgan fingerprint density at radius 3 is 2.40 bits per heavy atom. The van der Waals surface area contributed by atoms with Gasteiger partial charge in [-0.15, -0.1) is 0 Å². The van der Waals surface area contributed by atoms with Crippen LogP contribution in [0.4, 0.5) is 0 Å². The molecule has 0 spiro atoms. The minimum atomic E-state index is -0.101. The van der Waals surface area contributed by atoms with Crippen molar-refractivity contribution in [3.05, 3.63) is 60.2 Å². The van der Waals surface area contributed by atoms with Crippen LogP contribution in [0.25, 0.3) is 11.1 Å². The number of carbonyl (C=O) groups is 2. The first-order valence-electron chi connectivity index (χ1n) is 8.05. The summed E-state index contributed by atoms with van der Waals surface area (Å²) in [4.78, 5) is 36.7. The van der Waals surface area contributed by atoms with Crippen molar-refractivity contribution in [2.24, 2.45) is 0 Å². The molecule has 7 nitrogen and oxygen atoms in total. The Morgan fingerprint density at radius 2 is 1.68 bits per heavy atom. The van der Waals surface area contributed by atoms with Crippen LogP contribution < -0.4 is 0 Å². The van der Waals surface area contributed by atoms with Gasteiger partial charge in [0.25, 0.3) is 11.8 Å². The van der Waals surface area contributed by atoms with Gasteiger partial charge in [-0.05, 0) is 30.3 Å². The Labute approximate surface area is 143 Å². The van der Waals surface area contributed by atoms with E-state index >= 15 is 0 Å². The summed E-state index contributed by atoms with van der Waals surface area (Å²) < 4.78 is 5.25. The maximum absolute atomic E-state index is 12.7. The van der Waals surface area contributed by atoms with Gasteiger partial charge in [0.2, 0.25) is 0 Å². The smallest absolute Gasteiger partial charge is 0.272 e. The topological polar surface area (TPSA) is 79.5 Å². The van der Waals surface area contributed by atoms with E-state index in [1.54, 1.807) is 52.4 Å². The number of amides is 2. The van der Waals surface area contributed by atoms with Crippen LogP contribution in [-0.4, -0.2) is 57.8 Å². The lowest BCUT2D eigenvalue weighted by Gasteiger charge is -2.34. The fourth-order valence-corrected chi connectivity index (χ4v) is 2.93. The maximum atomic E-state index is 12.7. The molecule has 126 valence electrons. The second-order valence-corrected chi connectivity index (χ2v) is 5.83. The zero-order chi connectivity index (χ0) is 17.2. The highest BCUT2D eigenvalue weighted by Gasteiger charge is 2.26. The van der Waals surface area contributed by atoms with Gasteiger partial charge in [0, 0.05) is 37.9 Å². The molecule has 1 fully saturated rings. The third kappa shape index (κ3) is 2.96. The van der Waals surface area contributed by atoms with Crippen LogP contribution >= 0.6 is 0 Å². The Hall–Kier alpha value is -3.22. The van der Waals surface area contributed by atoms with Crippen LogP contribution in [0.1, 0.15) is 20.8 Å². The molecule has 2 aromatic heterocycles. The van der Waals surface area contributed by atoms with Crippen LogP contribution in [0.15, 0.2) is 53.4 Å². The zero-order valence-electron chi connectivity index (χ0n) is 13.5. The van der Waals surface area contributed by atoms with Gasteiger partial charge in [-0.2, -0.15) is 0 Å². The van der Waals surface area contributed by atoms with E-state index in [1.165, 1.54) is 6.39 Å². The SMILES string of the molecule is O=C(c1ccc2ncoc2c1)N1CCN(C(=O)c2ccccn2)CC1. The van der Waals surface area contributed by atoms with Gasteiger partial charge in [-0.25, -0.2) is 4.98 Å². The Balaban J connectivity index is 1.42. The summed E-state index contributed by atoms with van der Waals surface area (Å²) in [6.07, 6.45) is 2.97. The molecule has 7 heteroatoms. The Bertz CT molecular complexity index is 914. The monoisotopic (exact) mass is 336 g/mol. The number of oxazole rings is 1. The molecule has 0 radical (unpaired) electrons. The van der Waals surface area contributed by atoms with Crippen molar-refractivity contribution in [1.29, 1.82) is 0 Å². The number of aromatic nitrogens is 2. The van der Waals surface area contributed by atoms with Gasteiger partial charge in [0.05, 0.1) is 0 Å². The Morgan fingerprint density at radius 1 is 0.920 bits per heavy atom. The molecule has 3 aromatic rings. The number of nitrogens with zero attached hydrogens (tertiary/aromatic N) is 4. The Kier molecular flexibility index (Phi) is 3.89. The van der Waals surface area contributed by atoms with E-state index in [2.05, 4.69) is 9.97 Å². The van der Waals surface area contributed by atoms with Crippen LogP contribution in [0.2, 0.25) is 0 Å². The number of rotatable bonds is 2. The summed E-state index contributed by atoms with van der Waals surface area (Å²) in [7, 11) is 0. The van der Waals surface area contributed by atoms with Crippen LogP contribution in [-0.2, 0) is 0 Å². The zero-order valence-corrected chi connectivity index (χ0v) is 13.5. The highest BCUT2D eigenvalue weighted by atomic mass is 16.3. The van der Waals surface area contributed by atoms with Crippen LogP contribution in [0.3, 0.4) is 0 Å². The molecule has 1 aromatic carbocycles. The molecule has 0 aliphatic carbocycles. The average molecular weight is 336 g/mol. The number of hydrogen-bond donors (Lipinski definition) is 0. The first-order valence-corrected chi connectivity index (χ1v) is 8.05. The summed E-state index contributed by atoms with van der Waals surface area (Å²) in [6.45, 7) is 1.97. The van der Waals surface area contributed by atoms with Gasteiger partial charge in [-0.1, -0.05) is 6.07 Å². The van der Waals surface area contributed by atoms with Crippen molar-refractivity contribution < 1.29 is 14.0 Å². The molecule has 2 amide bonds. The summed E-state index contributed by atoms with van der Waals surface area (Å²) in [6, 6.07) is 10.5. The van der Waals surface area contributed by atoms with Crippen LogP contribution in [0.5, 0.6) is 0 Å². The highest BCUT2D eigenvalue weighted by molar-refractivity contribution is 5.97. The fourth-order valence-electron chi connectivity index (χ4n) is 2.93. The lowest BCUT2D eigenvalue weighted by Crippen LogP contribution is -2.50. The molecule has 1 aliphatic rings. The van der Waals surface area contributed by atoms with E-state index in [0.29, 0.717) is 43.0 Å². The summed E-state index contributed by atoms with van der Waals surface area (Å²) in [5.41, 5.74) is 2.31. The predicted molar refractivity (Wildman–Crippen MR) is 90.1 cm³/mol. The van der Waals surface area contributed by atoms with Crippen molar-refractivity contribution in [2.45, 2.75) is 0 Å². The molecule has 25 heavy (non-hydrogen) atoms. The molecule has 0 saturated carbocycles. The number of fused-ring (bicyclic) bond motifs is 1. The van der Waals surface area contributed by atoms with Crippen molar-refractivity contribution in [1.82, 2.24) is 19.8 Å². The normalized spacial score (nSPS) is 14.7. The first kappa shape index (κ1) is 15.3. The quantitative estimate of drug-likeness (QED) is 0.713. The van der Waals surface area contributed by atoms with Gasteiger partial charge in [0.15, 0.2) is 12.0 Å². The standard InChI is InChI=1S/C18H16N4O3/c23-17(13-4-5-14-16(11-13)25-12-20-14)21-7-9-22(10-8-21)18(24)15-3-1-2-6-19-15/h1-6,11-12H,7-10H2. The average Bonchev–Trinajstić information content (AvgIpc) is 3.15. The van der Waals surface area contributed by atoms with Crippen molar-refractivity contribution in [3.8, 4) is 0 Å².